The summed E-state index contributed by atoms with van der Waals surface area (Å²) in [5, 5.41) is 9.44. The summed E-state index contributed by atoms with van der Waals surface area (Å²) in [7, 11) is 0. The minimum Gasteiger partial charge on any atom is -0.490 e. The number of benzene rings is 1. The molecule has 4 heteroatoms. The predicted octanol–water partition coefficient (Wildman–Crippen LogP) is 3.13. The van der Waals surface area contributed by atoms with E-state index in [-0.39, 0.29) is 12.4 Å². The summed E-state index contributed by atoms with van der Waals surface area (Å²) in [6, 6.07) is 4.52. The van der Waals surface area contributed by atoms with Crippen molar-refractivity contribution in [2.45, 2.75) is 25.9 Å². The topological polar surface area (TPSA) is 29.5 Å². The van der Waals surface area contributed by atoms with Crippen LogP contribution in [-0.2, 0) is 0 Å². The molecule has 0 heterocycles. The van der Waals surface area contributed by atoms with Crippen molar-refractivity contribution in [3.05, 3.63) is 28.5 Å². The number of ether oxygens (including phenoxy) is 1. The molecule has 0 fully saturated rings. The Kier molecular flexibility index (Phi) is 4.11. The van der Waals surface area contributed by atoms with E-state index in [4.69, 9.17) is 4.74 Å². The minimum absolute atomic E-state index is 0.202. The predicted molar refractivity (Wildman–Crippen MR) is 60.5 cm³/mol. The maximum absolute atomic E-state index is 13.2. The molecule has 0 unspecified atom stereocenters. The van der Waals surface area contributed by atoms with Gasteiger partial charge < -0.3 is 9.84 Å². The zero-order valence-corrected chi connectivity index (χ0v) is 10.3. The highest BCUT2D eigenvalue weighted by Crippen LogP contribution is 2.22. The van der Waals surface area contributed by atoms with E-state index in [1.54, 1.807) is 26.0 Å². The van der Waals surface area contributed by atoms with Crippen LogP contribution in [0.25, 0.3) is 0 Å². The molecule has 0 saturated heterocycles. The Bertz CT molecular complexity index is 334. The molecule has 0 aromatic heterocycles. The first kappa shape index (κ1) is 12.5. The molecule has 15 heavy (non-hydrogen) atoms. The van der Waals surface area contributed by atoms with E-state index in [1.807, 2.05) is 0 Å². The molecule has 0 aliphatic heterocycles. The van der Waals surface area contributed by atoms with Gasteiger partial charge in [0.1, 0.15) is 0 Å². The van der Waals surface area contributed by atoms with Gasteiger partial charge in [-0.25, -0.2) is 4.39 Å². The van der Waals surface area contributed by atoms with Crippen LogP contribution in [-0.4, -0.2) is 17.3 Å². The summed E-state index contributed by atoms with van der Waals surface area (Å²) in [5.41, 5.74) is -0.789. The van der Waals surface area contributed by atoms with E-state index >= 15 is 0 Å². The number of rotatable bonds is 4. The van der Waals surface area contributed by atoms with E-state index in [1.165, 1.54) is 6.07 Å². The van der Waals surface area contributed by atoms with Gasteiger partial charge in [0.25, 0.3) is 0 Å². The highest BCUT2D eigenvalue weighted by molar-refractivity contribution is 9.10. The molecule has 1 aromatic carbocycles. The first-order valence-corrected chi connectivity index (χ1v) is 5.48. The monoisotopic (exact) mass is 276 g/mol. The number of halogens is 2. The lowest BCUT2D eigenvalue weighted by Gasteiger charge is -2.17. The van der Waals surface area contributed by atoms with E-state index < -0.39 is 11.4 Å². The van der Waals surface area contributed by atoms with E-state index in [0.717, 1.165) is 4.47 Å². The van der Waals surface area contributed by atoms with Crippen LogP contribution < -0.4 is 4.74 Å². The van der Waals surface area contributed by atoms with Gasteiger partial charge >= 0.3 is 0 Å². The first-order valence-electron chi connectivity index (χ1n) is 4.69. The Balaban J connectivity index is 2.54. The van der Waals surface area contributed by atoms with E-state index in [2.05, 4.69) is 15.9 Å². The Morgan fingerprint density at radius 2 is 2.13 bits per heavy atom. The van der Waals surface area contributed by atoms with Crippen LogP contribution in [0.15, 0.2) is 22.7 Å². The second kappa shape index (κ2) is 4.94. The largest absolute Gasteiger partial charge is 0.490 e. The van der Waals surface area contributed by atoms with E-state index in [0.29, 0.717) is 6.42 Å². The van der Waals surface area contributed by atoms with Gasteiger partial charge in [-0.1, -0.05) is 15.9 Å². The molecule has 1 rings (SSSR count). The van der Waals surface area contributed by atoms with Crippen molar-refractivity contribution in [1.82, 2.24) is 0 Å². The lowest BCUT2D eigenvalue weighted by atomic mass is 10.1. The maximum Gasteiger partial charge on any atom is 0.165 e. The minimum atomic E-state index is -0.789. The van der Waals surface area contributed by atoms with Crippen LogP contribution in [0.5, 0.6) is 5.75 Å². The average molecular weight is 277 g/mol. The summed E-state index contributed by atoms with van der Waals surface area (Å²) in [4.78, 5) is 0. The summed E-state index contributed by atoms with van der Waals surface area (Å²) in [6.07, 6.45) is 0.457. The lowest BCUT2D eigenvalue weighted by Crippen LogP contribution is -2.21. The molecule has 84 valence electrons. The summed E-state index contributed by atoms with van der Waals surface area (Å²) in [5.74, 6) is -0.192. The summed E-state index contributed by atoms with van der Waals surface area (Å²) >= 11 is 3.23. The van der Waals surface area contributed by atoms with Crippen molar-refractivity contribution in [3.8, 4) is 5.75 Å². The molecule has 0 saturated carbocycles. The Labute approximate surface area is 97.2 Å². The molecule has 0 radical (unpaired) electrons. The molecular formula is C11H14BrFO2. The number of hydrogen-bond donors (Lipinski definition) is 1. The number of hydrogen-bond acceptors (Lipinski definition) is 2. The highest BCUT2D eigenvalue weighted by Gasteiger charge is 2.13. The zero-order valence-electron chi connectivity index (χ0n) is 8.76. The average Bonchev–Trinajstić information content (AvgIpc) is 2.09. The summed E-state index contributed by atoms with van der Waals surface area (Å²) in [6.45, 7) is 3.66. The Morgan fingerprint density at radius 1 is 1.47 bits per heavy atom. The van der Waals surface area contributed by atoms with Crippen LogP contribution >= 0.6 is 15.9 Å². The maximum atomic E-state index is 13.2. The van der Waals surface area contributed by atoms with Crippen LogP contribution in [0.2, 0.25) is 0 Å². The van der Waals surface area contributed by atoms with Gasteiger partial charge in [-0.15, -0.1) is 0 Å². The quantitative estimate of drug-likeness (QED) is 0.916. The second-order valence-corrected chi connectivity index (χ2v) is 4.90. The van der Waals surface area contributed by atoms with E-state index in [9.17, 15) is 9.50 Å². The molecule has 0 amide bonds. The molecule has 2 nitrogen and oxygen atoms in total. The third kappa shape index (κ3) is 4.62. The van der Waals surface area contributed by atoms with Crippen molar-refractivity contribution in [2.75, 3.05) is 6.61 Å². The van der Waals surface area contributed by atoms with Crippen molar-refractivity contribution < 1.29 is 14.2 Å². The van der Waals surface area contributed by atoms with Gasteiger partial charge in [-0.2, -0.15) is 0 Å². The second-order valence-electron chi connectivity index (χ2n) is 3.99. The van der Waals surface area contributed by atoms with Gasteiger partial charge in [0.15, 0.2) is 11.6 Å². The van der Waals surface area contributed by atoms with Crippen LogP contribution in [0.4, 0.5) is 4.39 Å². The van der Waals surface area contributed by atoms with Crippen molar-refractivity contribution in [3.63, 3.8) is 0 Å². The van der Waals surface area contributed by atoms with Crippen LogP contribution in [0.1, 0.15) is 20.3 Å². The molecule has 0 atom stereocenters. The van der Waals surface area contributed by atoms with Gasteiger partial charge in [0, 0.05) is 10.9 Å². The van der Waals surface area contributed by atoms with Gasteiger partial charge in [0.2, 0.25) is 0 Å². The first-order chi connectivity index (χ1) is 6.88. The lowest BCUT2D eigenvalue weighted by molar-refractivity contribution is 0.0547. The standard InChI is InChI=1S/C11H14BrFO2/c1-11(2,14)5-6-15-10-7-8(12)3-4-9(10)13/h3-4,7,14H,5-6H2,1-2H3. The molecule has 1 N–H and O–H groups in total. The molecule has 0 spiro atoms. The third-order valence-electron chi connectivity index (χ3n) is 1.86. The van der Waals surface area contributed by atoms with Crippen molar-refractivity contribution in [2.24, 2.45) is 0 Å². The number of aliphatic hydroxyl groups is 1. The SMILES string of the molecule is CC(C)(O)CCOc1cc(Br)ccc1F. The highest BCUT2D eigenvalue weighted by atomic mass is 79.9. The molecule has 1 aromatic rings. The molecular weight excluding hydrogens is 263 g/mol. The fourth-order valence-electron chi connectivity index (χ4n) is 0.999. The Morgan fingerprint density at radius 3 is 2.73 bits per heavy atom. The third-order valence-corrected chi connectivity index (χ3v) is 2.36. The van der Waals surface area contributed by atoms with Crippen LogP contribution in [0, 0.1) is 5.82 Å². The molecule has 0 aliphatic rings. The van der Waals surface area contributed by atoms with Crippen LogP contribution in [0.3, 0.4) is 0 Å². The fraction of sp³-hybridized carbons (Fsp3) is 0.455. The Hall–Kier alpha value is -0.610. The normalized spacial score (nSPS) is 11.5. The molecule has 0 bridgehead atoms. The summed E-state index contributed by atoms with van der Waals surface area (Å²) < 4.78 is 19.2. The van der Waals surface area contributed by atoms with Gasteiger partial charge in [0.05, 0.1) is 12.2 Å². The van der Waals surface area contributed by atoms with Gasteiger partial charge in [-0.3, -0.25) is 0 Å². The van der Waals surface area contributed by atoms with Crippen molar-refractivity contribution >= 4 is 15.9 Å². The molecule has 0 aliphatic carbocycles. The van der Waals surface area contributed by atoms with Crippen molar-refractivity contribution in [1.29, 1.82) is 0 Å². The smallest absolute Gasteiger partial charge is 0.165 e. The van der Waals surface area contributed by atoms with Gasteiger partial charge in [-0.05, 0) is 32.0 Å². The fourth-order valence-corrected chi connectivity index (χ4v) is 1.34. The zero-order chi connectivity index (χ0) is 11.5.